The van der Waals surface area contributed by atoms with Gasteiger partial charge >= 0.3 is 0 Å². The molecule has 0 amide bonds. The first kappa shape index (κ1) is 12.2. The minimum atomic E-state index is 0.346. The van der Waals surface area contributed by atoms with Crippen LogP contribution in [0.5, 0.6) is 0 Å². The van der Waals surface area contributed by atoms with Gasteiger partial charge in [-0.3, -0.25) is 0 Å². The zero-order valence-corrected chi connectivity index (χ0v) is 10.9. The molecule has 1 fully saturated rings. The van der Waals surface area contributed by atoms with Gasteiger partial charge in [0.05, 0.1) is 12.2 Å². The van der Waals surface area contributed by atoms with Crippen molar-refractivity contribution in [1.29, 1.82) is 0 Å². The molecule has 1 atom stereocenters. The van der Waals surface area contributed by atoms with E-state index in [0.29, 0.717) is 17.8 Å². The number of hydrogen-bond acceptors (Lipinski definition) is 5. The molecule has 100 valence electrons. The van der Waals surface area contributed by atoms with Crippen LogP contribution < -0.4 is 5.32 Å². The minimum absolute atomic E-state index is 0.346. The molecule has 1 N–H and O–H groups in total. The van der Waals surface area contributed by atoms with Gasteiger partial charge in [0.15, 0.2) is 0 Å². The van der Waals surface area contributed by atoms with Crippen molar-refractivity contribution >= 4 is 5.69 Å². The van der Waals surface area contributed by atoms with E-state index < -0.39 is 0 Å². The van der Waals surface area contributed by atoms with Crippen molar-refractivity contribution in [3.8, 4) is 11.5 Å². The average Bonchev–Trinajstić information content (AvgIpc) is 2.87. The summed E-state index contributed by atoms with van der Waals surface area (Å²) in [7, 11) is 0. The molecule has 0 spiro atoms. The van der Waals surface area contributed by atoms with Gasteiger partial charge in [-0.25, -0.2) is 0 Å². The fourth-order valence-corrected chi connectivity index (χ4v) is 2.28. The SMILES string of the molecule is Cc1nnc(-c2ccccc2NC2CCCOC2)o1. The van der Waals surface area contributed by atoms with E-state index >= 15 is 0 Å². The lowest BCUT2D eigenvalue weighted by atomic mass is 10.1. The van der Waals surface area contributed by atoms with E-state index in [1.165, 1.54) is 0 Å². The van der Waals surface area contributed by atoms with E-state index in [2.05, 4.69) is 15.5 Å². The summed E-state index contributed by atoms with van der Waals surface area (Å²) in [4.78, 5) is 0. The van der Waals surface area contributed by atoms with Crippen molar-refractivity contribution in [2.45, 2.75) is 25.8 Å². The summed E-state index contributed by atoms with van der Waals surface area (Å²) in [6, 6.07) is 8.33. The molecule has 3 rings (SSSR count). The Labute approximate surface area is 112 Å². The summed E-state index contributed by atoms with van der Waals surface area (Å²) >= 11 is 0. The van der Waals surface area contributed by atoms with Crippen LogP contribution in [0.15, 0.2) is 28.7 Å². The number of benzene rings is 1. The van der Waals surface area contributed by atoms with Gasteiger partial charge in [-0.1, -0.05) is 12.1 Å². The lowest BCUT2D eigenvalue weighted by Gasteiger charge is -2.24. The average molecular weight is 259 g/mol. The number of para-hydroxylation sites is 1. The number of hydrogen-bond donors (Lipinski definition) is 1. The maximum absolute atomic E-state index is 5.51. The lowest BCUT2D eigenvalue weighted by molar-refractivity contribution is 0.0876. The van der Waals surface area contributed by atoms with Crippen LogP contribution in [0.3, 0.4) is 0 Å². The molecular formula is C14H17N3O2. The lowest BCUT2D eigenvalue weighted by Crippen LogP contribution is -2.30. The molecule has 2 heterocycles. The Morgan fingerprint density at radius 1 is 1.26 bits per heavy atom. The van der Waals surface area contributed by atoms with Gasteiger partial charge in [-0.2, -0.15) is 0 Å². The maximum atomic E-state index is 5.51. The van der Waals surface area contributed by atoms with Crippen LogP contribution >= 0.6 is 0 Å². The normalized spacial score (nSPS) is 19.3. The molecule has 1 saturated heterocycles. The molecule has 19 heavy (non-hydrogen) atoms. The number of nitrogens with zero attached hydrogens (tertiary/aromatic N) is 2. The minimum Gasteiger partial charge on any atom is -0.421 e. The van der Waals surface area contributed by atoms with Gasteiger partial charge in [0, 0.05) is 25.3 Å². The summed E-state index contributed by atoms with van der Waals surface area (Å²) in [5.41, 5.74) is 1.95. The van der Waals surface area contributed by atoms with Crippen molar-refractivity contribution < 1.29 is 9.15 Å². The van der Waals surface area contributed by atoms with Crippen LogP contribution in [0.2, 0.25) is 0 Å². The van der Waals surface area contributed by atoms with E-state index in [1.807, 2.05) is 24.3 Å². The summed E-state index contributed by atoms with van der Waals surface area (Å²) in [5, 5.41) is 11.5. The highest BCUT2D eigenvalue weighted by Gasteiger charge is 2.17. The third kappa shape index (κ3) is 2.76. The monoisotopic (exact) mass is 259 g/mol. The third-order valence-electron chi connectivity index (χ3n) is 3.20. The Kier molecular flexibility index (Phi) is 3.46. The van der Waals surface area contributed by atoms with Crippen LogP contribution in [-0.2, 0) is 4.74 Å². The van der Waals surface area contributed by atoms with Crippen LogP contribution in [0.1, 0.15) is 18.7 Å². The van der Waals surface area contributed by atoms with Crippen LogP contribution in [0, 0.1) is 6.92 Å². The molecule has 5 heteroatoms. The quantitative estimate of drug-likeness (QED) is 0.918. The predicted octanol–water partition coefficient (Wildman–Crippen LogP) is 2.64. The van der Waals surface area contributed by atoms with Crippen molar-refractivity contribution in [3.63, 3.8) is 0 Å². The maximum Gasteiger partial charge on any atom is 0.249 e. The van der Waals surface area contributed by atoms with Crippen molar-refractivity contribution in [1.82, 2.24) is 10.2 Å². The fraction of sp³-hybridized carbons (Fsp3) is 0.429. The standard InChI is InChI=1S/C14H17N3O2/c1-10-16-17-14(19-10)12-6-2-3-7-13(12)15-11-5-4-8-18-9-11/h2-3,6-7,11,15H,4-5,8-9H2,1H3. The number of ether oxygens (including phenoxy) is 1. The Bertz CT molecular complexity index is 547. The van der Waals surface area contributed by atoms with E-state index in [4.69, 9.17) is 9.15 Å². The van der Waals surface area contributed by atoms with E-state index in [9.17, 15) is 0 Å². The first-order chi connectivity index (χ1) is 9.33. The molecule has 0 radical (unpaired) electrons. The molecule has 1 unspecified atom stereocenters. The molecule has 5 nitrogen and oxygen atoms in total. The van der Waals surface area contributed by atoms with Gasteiger partial charge in [0.25, 0.3) is 0 Å². The van der Waals surface area contributed by atoms with Crippen LogP contribution in [0.4, 0.5) is 5.69 Å². The van der Waals surface area contributed by atoms with Gasteiger partial charge in [-0.15, -0.1) is 10.2 Å². The van der Waals surface area contributed by atoms with Gasteiger partial charge < -0.3 is 14.5 Å². The van der Waals surface area contributed by atoms with Crippen LogP contribution in [0.25, 0.3) is 11.5 Å². The number of nitrogens with one attached hydrogen (secondary N) is 1. The highest BCUT2D eigenvalue weighted by Crippen LogP contribution is 2.28. The van der Waals surface area contributed by atoms with Crippen molar-refractivity contribution in [3.05, 3.63) is 30.2 Å². The molecule has 0 saturated carbocycles. The third-order valence-corrected chi connectivity index (χ3v) is 3.20. The Morgan fingerprint density at radius 2 is 2.16 bits per heavy atom. The van der Waals surface area contributed by atoms with E-state index in [0.717, 1.165) is 37.3 Å². The molecule has 1 aromatic carbocycles. The Morgan fingerprint density at radius 3 is 2.89 bits per heavy atom. The molecule has 1 aliphatic rings. The molecule has 0 aliphatic carbocycles. The molecule has 1 aliphatic heterocycles. The zero-order chi connectivity index (χ0) is 13.1. The second-order valence-electron chi connectivity index (χ2n) is 4.73. The highest BCUT2D eigenvalue weighted by atomic mass is 16.5. The number of anilines is 1. The van der Waals surface area contributed by atoms with E-state index in [-0.39, 0.29) is 0 Å². The number of aryl methyl sites for hydroxylation is 1. The topological polar surface area (TPSA) is 60.2 Å². The highest BCUT2D eigenvalue weighted by molar-refractivity contribution is 5.72. The van der Waals surface area contributed by atoms with Gasteiger partial charge in [-0.05, 0) is 25.0 Å². The first-order valence-corrected chi connectivity index (χ1v) is 6.57. The summed E-state index contributed by atoms with van der Waals surface area (Å²) in [6.45, 7) is 3.40. The van der Waals surface area contributed by atoms with Gasteiger partial charge in [0.2, 0.25) is 11.8 Å². The fourth-order valence-electron chi connectivity index (χ4n) is 2.28. The largest absolute Gasteiger partial charge is 0.421 e. The van der Waals surface area contributed by atoms with Crippen molar-refractivity contribution in [2.75, 3.05) is 18.5 Å². The smallest absolute Gasteiger partial charge is 0.249 e. The second kappa shape index (κ2) is 5.40. The summed E-state index contributed by atoms with van der Waals surface area (Å²) in [5.74, 6) is 1.13. The van der Waals surface area contributed by atoms with E-state index in [1.54, 1.807) is 6.92 Å². The molecular weight excluding hydrogens is 242 g/mol. The summed E-state index contributed by atoms with van der Waals surface area (Å²) in [6.07, 6.45) is 2.22. The molecule has 2 aromatic rings. The second-order valence-corrected chi connectivity index (χ2v) is 4.73. The van der Waals surface area contributed by atoms with Crippen molar-refractivity contribution in [2.24, 2.45) is 0 Å². The zero-order valence-electron chi connectivity index (χ0n) is 10.9. The summed E-state index contributed by atoms with van der Waals surface area (Å²) < 4.78 is 11.0. The number of rotatable bonds is 3. The molecule has 0 bridgehead atoms. The van der Waals surface area contributed by atoms with Crippen LogP contribution in [-0.4, -0.2) is 29.5 Å². The first-order valence-electron chi connectivity index (χ1n) is 6.57. The predicted molar refractivity (Wildman–Crippen MR) is 71.9 cm³/mol. The Hall–Kier alpha value is -1.88. The number of aromatic nitrogens is 2. The van der Waals surface area contributed by atoms with Gasteiger partial charge in [0.1, 0.15) is 0 Å². The molecule has 1 aromatic heterocycles. The Balaban J connectivity index is 1.84.